The van der Waals surface area contributed by atoms with Gasteiger partial charge in [-0.1, -0.05) is 27.7 Å². The number of rotatable bonds is 1. The largest absolute Gasteiger partial charge is 0.330 e. The molecule has 1 saturated heterocycles. The van der Waals surface area contributed by atoms with Crippen molar-refractivity contribution in [3.05, 3.63) is 0 Å². The van der Waals surface area contributed by atoms with Crippen LogP contribution in [-0.4, -0.2) is 28.8 Å². The Bertz CT molecular complexity index is 230. The summed E-state index contributed by atoms with van der Waals surface area (Å²) in [5.74, 6) is -0.958. The van der Waals surface area contributed by atoms with E-state index in [-0.39, 0.29) is 12.5 Å². The van der Waals surface area contributed by atoms with E-state index in [0.29, 0.717) is 0 Å². The Kier molecular flexibility index (Phi) is 9.45. The maximum Gasteiger partial charge on any atom is 0.330 e. The number of amides is 4. The van der Waals surface area contributed by atoms with Gasteiger partial charge in [-0.15, -0.1) is 0 Å². The predicted molar refractivity (Wildman–Crippen MR) is 62.8 cm³/mol. The Labute approximate surface area is 97.2 Å². The second kappa shape index (κ2) is 8.88. The van der Waals surface area contributed by atoms with Gasteiger partial charge in [0.15, 0.2) is 0 Å². The molecule has 5 nitrogen and oxygen atoms in total. The Hall–Kier alpha value is -1.39. The number of nitrogens with zero attached hydrogens (tertiary/aromatic N) is 1. The fourth-order valence-electron chi connectivity index (χ4n) is 1.08. The van der Waals surface area contributed by atoms with E-state index in [0.717, 1.165) is 4.90 Å². The molecule has 4 amide bonds. The zero-order valence-corrected chi connectivity index (χ0v) is 11.0. The van der Waals surface area contributed by atoms with Crippen LogP contribution in [0, 0.1) is 0 Å². The minimum atomic E-state index is -0.619. The van der Waals surface area contributed by atoms with Gasteiger partial charge in [0.25, 0.3) is 0 Å². The maximum atomic E-state index is 11.1. The summed E-state index contributed by atoms with van der Waals surface area (Å²) in [6, 6.07) is -0.822. The summed E-state index contributed by atoms with van der Waals surface area (Å²) in [6.07, 6.45) is -0.232. The molecule has 1 aliphatic rings. The first kappa shape index (κ1) is 17.0. The SMILES string of the molecule is CC.CC.CC(C)N1C(=O)CC(=O)NC1=O. The lowest BCUT2D eigenvalue weighted by molar-refractivity contribution is -0.137. The van der Waals surface area contributed by atoms with E-state index in [2.05, 4.69) is 5.32 Å². The van der Waals surface area contributed by atoms with E-state index in [4.69, 9.17) is 0 Å². The van der Waals surface area contributed by atoms with Gasteiger partial charge in [-0.2, -0.15) is 0 Å². The van der Waals surface area contributed by atoms with Gasteiger partial charge in [0.05, 0.1) is 0 Å². The average molecular weight is 230 g/mol. The van der Waals surface area contributed by atoms with Crippen molar-refractivity contribution in [2.45, 2.75) is 54.0 Å². The van der Waals surface area contributed by atoms with E-state index < -0.39 is 17.8 Å². The third-order valence-electron chi connectivity index (χ3n) is 1.56. The van der Waals surface area contributed by atoms with E-state index in [1.54, 1.807) is 13.8 Å². The van der Waals surface area contributed by atoms with Crippen molar-refractivity contribution in [2.75, 3.05) is 0 Å². The van der Waals surface area contributed by atoms with Crippen molar-refractivity contribution in [1.29, 1.82) is 0 Å². The molecule has 0 aromatic carbocycles. The summed E-state index contributed by atoms with van der Waals surface area (Å²) in [6.45, 7) is 11.4. The fraction of sp³-hybridized carbons (Fsp3) is 0.727. The molecule has 0 unspecified atom stereocenters. The molecular formula is C11H22N2O3. The van der Waals surface area contributed by atoms with Crippen LogP contribution in [0.3, 0.4) is 0 Å². The molecule has 16 heavy (non-hydrogen) atoms. The highest BCUT2D eigenvalue weighted by Crippen LogP contribution is 2.06. The molecule has 0 saturated carbocycles. The van der Waals surface area contributed by atoms with Crippen molar-refractivity contribution in [1.82, 2.24) is 10.2 Å². The molecule has 1 aliphatic heterocycles. The second-order valence-corrected chi connectivity index (χ2v) is 2.89. The molecular weight excluding hydrogens is 208 g/mol. The lowest BCUT2D eigenvalue weighted by atomic mass is 10.2. The Balaban J connectivity index is 0. The number of barbiturate groups is 1. The van der Waals surface area contributed by atoms with Gasteiger partial charge in [-0.3, -0.25) is 19.8 Å². The van der Waals surface area contributed by atoms with Crippen LogP contribution in [0.5, 0.6) is 0 Å². The average Bonchev–Trinajstić information content (AvgIpc) is 2.21. The Morgan fingerprint density at radius 1 is 1.06 bits per heavy atom. The first-order valence-electron chi connectivity index (χ1n) is 5.68. The van der Waals surface area contributed by atoms with Crippen LogP contribution in [0.15, 0.2) is 0 Å². The summed E-state index contributed by atoms with van der Waals surface area (Å²) in [4.78, 5) is 33.8. The number of imide groups is 2. The van der Waals surface area contributed by atoms with Gasteiger partial charge in [-0.25, -0.2) is 4.79 Å². The maximum absolute atomic E-state index is 11.1. The highest BCUT2D eigenvalue weighted by Gasteiger charge is 2.32. The van der Waals surface area contributed by atoms with E-state index in [9.17, 15) is 14.4 Å². The van der Waals surface area contributed by atoms with Crippen LogP contribution in [0.1, 0.15) is 48.0 Å². The molecule has 0 aromatic rings. The number of urea groups is 1. The molecule has 5 heteroatoms. The molecule has 1 fully saturated rings. The summed E-state index contributed by atoms with van der Waals surface area (Å²) in [5.41, 5.74) is 0. The smallest absolute Gasteiger partial charge is 0.277 e. The van der Waals surface area contributed by atoms with Crippen LogP contribution < -0.4 is 5.32 Å². The second-order valence-electron chi connectivity index (χ2n) is 2.89. The van der Waals surface area contributed by atoms with Gasteiger partial charge in [0, 0.05) is 6.04 Å². The zero-order valence-electron chi connectivity index (χ0n) is 11.0. The number of carbonyl (C=O) groups excluding carboxylic acids is 3. The molecule has 0 radical (unpaired) electrons. The Morgan fingerprint density at radius 2 is 1.50 bits per heavy atom. The fourth-order valence-corrected chi connectivity index (χ4v) is 1.08. The monoisotopic (exact) mass is 230 g/mol. The number of hydrogen-bond donors (Lipinski definition) is 1. The molecule has 0 spiro atoms. The third kappa shape index (κ3) is 4.91. The van der Waals surface area contributed by atoms with Gasteiger partial charge in [-0.05, 0) is 13.8 Å². The minimum Gasteiger partial charge on any atom is -0.277 e. The van der Waals surface area contributed by atoms with Crippen molar-refractivity contribution in [3.8, 4) is 0 Å². The summed E-state index contributed by atoms with van der Waals surface area (Å²) in [7, 11) is 0. The molecule has 0 atom stereocenters. The van der Waals surface area contributed by atoms with Crippen molar-refractivity contribution in [2.24, 2.45) is 0 Å². The lowest BCUT2D eigenvalue weighted by Gasteiger charge is -2.27. The molecule has 1 N–H and O–H groups in total. The van der Waals surface area contributed by atoms with Crippen LogP contribution in [0.4, 0.5) is 4.79 Å². The van der Waals surface area contributed by atoms with Crippen molar-refractivity contribution >= 4 is 17.8 Å². The lowest BCUT2D eigenvalue weighted by Crippen LogP contribution is -2.55. The first-order chi connectivity index (χ1) is 7.52. The predicted octanol–water partition coefficient (Wildman–Crippen LogP) is 1.92. The van der Waals surface area contributed by atoms with Gasteiger partial charge >= 0.3 is 6.03 Å². The Morgan fingerprint density at radius 3 is 1.81 bits per heavy atom. The van der Waals surface area contributed by atoms with Gasteiger partial charge < -0.3 is 0 Å². The topological polar surface area (TPSA) is 66.5 Å². The van der Waals surface area contributed by atoms with E-state index in [1.807, 2.05) is 27.7 Å². The van der Waals surface area contributed by atoms with Gasteiger partial charge in [0.1, 0.15) is 6.42 Å². The number of carbonyl (C=O) groups is 3. The molecule has 1 rings (SSSR count). The van der Waals surface area contributed by atoms with Crippen LogP contribution >= 0.6 is 0 Å². The third-order valence-corrected chi connectivity index (χ3v) is 1.56. The summed E-state index contributed by atoms with van der Waals surface area (Å²) in [5, 5.41) is 2.07. The van der Waals surface area contributed by atoms with E-state index in [1.165, 1.54) is 0 Å². The summed E-state index contributed by atoms with van der Waals surface area (Å²) < 4.78 is 0. The molecule has 0 bridgehead atoms. The normalized spacial score (nSPS) is 14.7. The number of nitrogens with one attached hydrogen (secondary N) is 1. The van der Waals surface area contributed by atoms with Gasteiger partial charge in [0.2, 0.25) is 11.8 Å². The molecule has 1 heterocycles. The highest BCUT2D eigenvalue weighted by atomic mass is 16.2. The van der Waals surface area contributed by atoms with Crippen LogP contribution in [0.25, 0.3) is 0 Å². The zero-order chi connectivity index (χ0) is 13.3. The number of hydrogen-bond acceptors (Lipinski definition) is 3. The first-order valence-corrected chi connectivity index (χ1v) is 5.68. The van der Waals surface area contributed by atoms with Crippen LogP contribution in [-0.2, 0) is 9.59 Å². The molecule has 0 aromatic heterocycles. The highest BCUT2D eigenvalue weighted by molar-refractivity contribution is 6.14. The van der Waals surface area contributed by atoms with E-state index >= 15 is 0 Å². The molecule has 0 aliphatic carbocycles. The quantitative estimate of drug-likeness (QED) is 0.700. The van der Waals surface area contributed by atoms with Crippen LogP contribution in [0.2, 0.25) is 0 Å². The summed E-state index contributed by atoms with van der Waals surface area (Å²) >= 11 is 0. The van der Waals surface area contributed by atoms with Crippen molar-refractivity contribution < 1.29 is 14.4 Å². The minimum absolute atomic E-state index is 0.203. The molecule has 94 valence electrons. The van der Waals surface area contributed by atoms with Crippen molar-refractivity contribution in [3.63, 3.8) is 0 Å². The standard InChI is InChI=1S/C7H10N2O3.2C2H6/c1-4(2)9-6(11)3-5(10)8-7(9)12;2*1-2/h4H,3H2,1-2H3,(H,8,10,12);2*1-2H3.